The fraction of sp³-hybridized carbons (Fsp3) is 0.375. The van der Waals surface area contributed by atoms with Gasteiger partial charge in [0.1, 0.15) is 18.6 Å². The molecule has 0 aliphatic carbocycles. The summed E-state index contributed by atoms with van der Waals surface area (Å²) < 4.78 is 7.02. The highest BCUT2D eigenvalue weighted by atomic mass is 16.5. The number of hydrogen-bond acceptors (Lipinski definition) is 6. The Kier molecular flexibility index (Phi) is 2.75. The Labute approximate surface area is 86.1 Å². The second-order valence-electron chi connectivity index (χ2n) is 2.97. The second-order valence-corrected chi connectivity index (χ2v) is 2.97. The summed E-state index contributed by atoms with van der Waals surface area (Å²) in [7, 11) is 0. The lowest BCUT2D eigenvalue weighted by molar-refractivity contribution is 0.0853. The summed E-state index contributed by atoms with van der Waals surface area (Å²) in [6.45, 7) is 1.36. The Hall–Kier alpha value is -1.73. The molecule has 0 radical (unpaired) electrons. The van der Waals surface area contributed by atoms with Crippen molar-refractivity contribution in [2.24, 2.45) is 5.73 Å². The zero-order valence-electron chi connectivity index (χ0n) is 8.13. The van der Waals surface area contributed by atoms with Gasteiger partial charge in [0.15, 0.2) is 11.5 Å². The fourth-order valence-corrected chi connectivity index (χ4v) is 1.24. The van der Waals surface area contributed by atoms with E-state index in [-0.39, 0.29) is 0 Å². The number of hydrogen-bond donors (Lipinski definition) is 2. The van der Waals surface area contributed by atoms with Crippen LogP contribution in [0, 0.1) is 0 Å². The van der Waals surface area contributed by atoms with Crippen LogP contribution in [0.2, 0.25) is 0 Å². The van der Waals surface area contributed by atoms with E-state index in [0.29, 0.717) is 36.9 Å². The molecule has 7 heteroatoms. The molecular weight excluding hydrogens is 196 g/mol. The highest BCUT2D eigenvalue weighted by Gasteiger charge is 2.06. The number of nitrogen functional groups attached to an aromatic ring is 1. The molecule has 0 saturated carbocycles. The van der Waals surface area contributed by atoms with Crippen molar-refractivity contribution in [3.8, 4) is 0 Å². The lowest BCUT2D eigenvalue weighted by atomic mass is 10.5. The monoisotopic (exact) mass is 208 g/mol. The van der Waals surface area contributed by atoms with Gasteiger partial charge in [0.2, 0.25) is 0 Å². The first-order valence-corrected chi connectivity index (χ1v) is 4.52. The van der Waals surface area contributed by atoms with Crippen molar-refractivity contribution < 1.29 is 4.74 Å². The molecule has 7 nitrogen and oxygen atoms in total. The second kappa shape index (κ2) is 4.20. The summed E-state index contributed by atoms with van der Waals surface area (Å²) in [4.78, 5) is 12.0. The van der Waals surface area contributed by atoms with Gasteiger partial charge in [0, 0.05) is 6.54 Å². The molecule has 2 heterocycles. The van der Waals surface area contributed by atoms with Gasteiger partial charge in [0.05, 0.1) is 12.9 Å². The van der Waals surface area contributed by atoms with Crippen molar-refractivity contribution in [3.63, 3.8) is 0 Å². The first-order chi connectivity index (χ1) is 7.33. The number of fused-ring (bicyclic) bond motifs is 1. The van der Waals surface area contributed by atoms with Crippen LogP contribution in [0.3, 0.4) is 0 Å². The van der Waals surface area contributed by atoms with Crippen molar-refractivity contribution in [1.82, 2.24) is 19.5 Å². The van der Waals surface area contributed by atoms with E-state index in [1.807, 2.05) is 0 Å². The molecule has 0 atom stereocenters. The predicted octanol–water partition coefficient (Wildman–Crippen LogP) is -0.659. The molecule has 0 amide bonds. The number of nitrogens with zero attached hydrogens (tertiary/aromatic N) is 4. The molecule has 15 heavy (non-hydrogen) atoms. The van der Waals surface area contributed by atoms with Crippen molar-refractivity contribution in [3.05, 3.63) is 12.7 Å². The lowest BCUT2D eigenvalue weighted by Crippen LogP contribution is -2.11. The molecule has 0 aliphatic heterocycles. The van der Waals surface area contributed by atoms with Crippen LogP contribution in [0.15, 0.2) is 12.7 Å². The van der Waals surface area contributed by atoms with E-state index in [1.54, 1.807) is 10.9 Å². The average Bonchev–Trinajstić information content (AvgIpc) is 2.64. The normalized spacial score (nSPS) is 11.0. The van der Waals surface area contributed by atoms with Crippen LogP contribution in [-0.2, 0) is 11.5 Å². The van der Waals surface area contributed by atoms with E-state index < -0.39 is 0 Å². The zero-order chi connectivity index (χ0) is 10.7. The molecule has 0 spiro atoms. The van der Waals surface area contributed by atoms with Gasteiger partial charge in [0.25, 0.3) is 0 Å². The Bertz CT molecular complexity index is 453. The van der Waals surface area contributed by atoms with Crippen molar-refractivity contribution in [2.75, 3.05) is 18.9 Å². The van der Waals surface area contributed by atoms with Crippen LogP contribution in [0.5, 0.6) is 0 Å². The minimum atomic E-state index is 0.365. The third-order valence-electron chi connectivity index (χ3n) is 1.92. The van der Waals surface area contributed by atoms with Crippen LogP contribution in [0.4, 0.5) is 5.82 Å². The minimum Gasteiger partial charge on any atom is -0.382 e. The maximum Gasteiger partial charge on any atom is 0.167 e. The largest absolute Gasteiger partial charge is 0.382 e. The maximum atomic E-state index is 5.64. The topological polar surface area (TPSA) is 105 Å². The molecule has 2 aromatic rings. The van der Waals surface area contributed by atoms with E-state index in [9.17, 15) is 0 Å². The van der Waals surface area contributed by atoms with Crippen LogP contribution in [0.1, 0.15) is 0 Å². The third kappa shape index (κ3) is 1.88. The number of aromatic nitrogens is 4. The number of nitrogens with two attached hydrogens (primary N) is 2. The Balaban J connectivity index is 2.25. The maximum absolute atomic E-state index is 5.64. The first kappa shape index (κ1) is 9.81. The van der Waals surface area contributed by atoms with Crippen LogP contribution in [0.25, 0.3) is 11.2 Å². The van der Waals surface area contributed by atoms with Crippen molar-refractivity contribution >= 4 is 17.0 Å². The fourth-order valence-electron chi connectivity index (χ4n) is 1.24. The molecule has 80 valence electrons. The smallest absolute Gasteiger partial charge is 0.167 e. The molecule has 0 aromatic carbocycles. The van der Waals surface area contributed by atoms with E-state index in [2.05, 4.69) is 15.0 Å². The Morgan fingerprint density at radius 1 is 1.33 bits per heavy atom. The molecule has 0 fully saturated rings. The van der Waals surface area contributed by atoms with E-state index in [0.717, 1.165) is 0 Å². The van der Waals surface area contributed by atoms with Gasteiger partial charge in [-0.3, -0.25) is 4.57 Å². The number of anilines is 1. The summed E-state index contributed by atoms with van der Waals surface area (Å²) in [5, 5.41) is 0. The van der Waals surface area contributed by atoms with Crippen LogP contribution >= 0.6 is 0 Å². The van der Waals surface area contributed by atoms with Gasteiger partial charge in [-0.05, 0) is 0 Å². The van der Waals surface area contributed by atoms with Crippen molar-refractivity contribution in [1.29, 1.82) is 0 Å². The van der Waals surface area contributed by atoms with Gasteiger partial charge < -0.3 is 16.2 Å². The van der Waals surface area contributed by atoms with Gasteiger partial charge in [-0.1, -0.05) is 0 Å². The standard InChI is InChI=1S/C8H12N6O/c9-1-2-15-5-14-4-13-6-7(10)11-3-12-8(6)14/h3-4H,1-2,5,9H2,(H2,10,11,12). The van der Waals surface area contributed by atoms with E-state index in [4.69, 9.17) is 16.2 Å². The van der Waals surface area contributed by atoms with Crippen LogP contribution < -0.4 is 11.5 Å². The molecular formula is C8H12N6O. The van der Waals surface area contributed by atoms with Gasteiger partial charge in [-0.25, -0.2) is 15.0 Å². The third-order valence-corrected chi connectivity index (χ3v) is 1.92. The van der Waals surface area contributed by atoms with E-state index in [1.165, 1.54) is 6.33 Å². The van der Waals surface area contributed by atoms with Gasteiger partial charge in [-0.2, -0.15) is 0 Å². The summed E-state index contributed by atoms with van der Waals surface area (Å²) >= 11 is 0. The van der Waals surface area contributed by atoms with Gasteiger partial charge >= 0.3 is 0 Å². The highest BCUT2D eigenvalue weighted by molar-refractivity contribution is 5.80. The zero-order valence-corrected chi connectivity index (χ0v) is 8.13. The Morgan fingerprint density at radius 2 is 2.20 bits per heavy atom. The predicted molar refractivity (Wildman–Crippen MR) is 54.7 cm³/mol. The number of rotatable bonds is 4. The summed E-state index contributed by atoms with van der Waals surface area (Å²) in [5.74, 6) is 0.373. The Morgan fingerprint density at radius 3 is 3.00 bits per heavy atom. The molecule has 2 aromatic heterocycles. The average molecular weight is 208 g/mol. The minimum absolute atomic E-state index is 0.365. The molecule has 4 N–H and O–H groups in total. The molecule has 0 saturated heterocycles. The summed E-state index contributed by atoms with van der Waals surface area (Å²) in [5.41, 5.74) is 12.2. The summed E-state index contributed by atoms with van der Waals surface area (Å²) in [6, 6.07) is 0. The van der Waals surface area contributed by atoms with Crippen molar-refractivity contribution in [2.45, 2.75) is 6.73 Å². The first-order valence-electron chi connectivity index (χ1n) is 4.52. The molecule has 0 unspecified atom stereocenters. The van der Waals surface area contributed by atoms with Crippen LogP contribution in [-0.4, -0.2) is 32.7 Å². The molecule has 0 aliphatic rings. The number of ether oxygens (including phenoxy) is 1. The SMILES string of the molecule is NCCOCn1cnc2c(N)ncnc21. The van der Waals surface area contributed by atoms with E-state index >= 15 is 0 Å². The molecule has 2 rings (SSSR count). The lowest BCUT2D eigenvalue weighted by Gasteiger charge is -2.03. The quantitative estimate of drug-likeness (QED) is 0.646. The molecule has 0 bridgehead atoms. The number of imidazole rings is 1. The summed E-state index contributed by atoms with van der Waals surface area (Å²) in [6.07, 6.45) is 3.02. The highest BCUT2D eigenvalue weighted by Crippen LogP contribution is 2.13. The van der Waals surface area contributed by atoms with Gasteiger partial charge in [-0.15, -0.1) is 0 Å².